The lowest BCUT2D eigenvalue weighted by Crippen LogP contribution is -2.45. The number of nitrogens with zero attached hydrogens (tertiary/aromatic N) is 1. The van der Waals surface area contributed by atoms with Gasteiger partial charge in [0.05, 0.1) is 6.61 Å². The Morgan fingerprint density at radius 2 is 1.69 bits per heavy atom. The number of carbonyl (C=O) groups excluding carboxylic acids is 1. The van der Waals surface area contributed by atoms with E-state index in [9.17, 15) is 4.79 Å². The lowest BCUT2D eigenvalue weighted by atomic mass is 9.93. The first-order valence-electron chi connectivity index (χ1n) is 11.1. The standard InChI is InChI=1S/C26H31NO2/c1-2-29-26(28)25-15-7-8-18-27(25)19-9-14-24-22-12-5-3-10-20(22)16-17-21-11-4-6-13-23(21)24/h3-6,10-14,25H,2,7-9,15-19H2,1H3/t25-/m1/s1. The molecule has 2 aromatic carbocycles. The predicted molar refractivity (Wildman–Crippen MR) is 118 cm³/mol. The van der Waals surface area contributed by atoms with Gasteiger partial charge in [0.2, 0.25) is 0 Å². The van der Waals surface area contributed by atoms with E-state index in [1.54, 1.807) is 0 Å². The second-order valence-corrected chi connectivity index (χ2v) is 8.02. The number of aryl methyl sites for hydroxylation is 2. The highest BCUT2D eigenvalue weighted by Gasteiger charge is 2.29. The van der Waals surface area contributed by atoms with Gasteiger partial charge in [0.25, 0.3) is 0 Å². The summed E-state index contributed by atoms with van der Waals surface area (Å²) >= 11 is 0. The Kier molecular flexibility index (Phi) is 6.46. The fraction of sp³-hybridized carbons (Fsp3) is 0.423. The van der Waals surface area contributed by atoms with Crippen molar-refractivity contribution in [1.82, 2.24) is 4.90 Å². The van der Waals surface area contributed by atoms with E-state index in [4.69, 9.17) is 4.74 Å². The molecule has 1 saturated heterocycles. The second kappa shape index (κ2) is 9.41. The number of rotatable bonds is 5. The summed E-state index contributed by atoms with van der Waals surface area (Å²) in [5, 5.41) is 0. The SMILES string of the molecule is CCOC(=O)[C@H]1CCCCN1CCC=C1c2ccccc2CCc2ccccc21. The quantitative estimate of drug-likeness (QED) is 0.672. The van der Waals surface area contributed by atoms with Crippen LogP contribution in [0.15, 0.2) is 54.6 Å². The van der Waals surface area contributed by atoms with Gasteiger partial charge in [0.15, 0.2) is 0 Å². The van der Waals surface area contributed by atoms with E-state index in [0.717, 1.165) is 51.6 Å². The fourth-order valence-electron chi connectivity index (χ4n) is 4.78. The Morgan fingerprint density at radius 1 is 1.03 bits per heavy atom. The van der Waals surface area contributed by atoms with E-state index in [1.165, 1.54) is 27.8 Å². The van der Waals surface area contributed by atoms with E-state index < -0.39 is 0 Å². The van der Waals surface area contributed by atoms with Crippen LogP contribution in [0.25, 0.3) is 5.57 Å². The molecule has 4 rings (SSSR count). The molecule has 2 aromatic rings. The molecular weight excluding hydrogens is 358 g/mol. The number of esters is 1. The monoisotopic (exact) mass is 389 g/mol. The Hall–Kier alpha value is -2.39. The van der Waals surface area contributed by atoms with Crippen molar-refractivity contribution in [3.05, 3.63) is 76.9 Å². The van der Waals surface area contributed by atoms with Gasteiger partial charge in [-0.3, -0.25) is 9.69 Å². The van der Waals surface area contributed by atoms with Crippen molar-refractivity contribution in [3.63, 3.8) is 0 Å². The molecule has 3 heteroatoms. The van der Waals surface area contributed by atoms with Gasteiger partial charge in [-0.05, 0) is 73.4 Å². The van der Waals surface area contributed by atoms with Crippen LogP contribution in [0.4, 0.5) is 0 Å². The molecule has 0 unspecified atom stereocenters. The van der Waals surface area contributed by atoms with Crippen LogP contribution in [-0.4, -0.2) is 36.6 Å². The zero-order valence-corrected chi connectivity index (χ0v) is 17.4. The highest BCUT2D eigenvalue weighted by Crippen LogP contribution is 2.33. The summed E-state index contributed by atoms with van der Waals surface area (Å²) in [6.07, 6.45) is 8.69. The van der Waals surface area contributed by atoms with Crippen LogP contribution in [0.2, 0.25) is 0 Å². The molecule has 1 aliphatic heterocycles. The summed E-state index contributed by atoms with van der Waals surface area (Å²) < 4.78 is 5.32. The van der Waals surface area contributed by atoms with Crippen LogP contribution in [0.1, 0.15) is 54.9 Å². The van der Waals surface area contributed by atoms with E-state index in [-0.39, 0.29) is 12.0 Å². The number of hydrogen-bond donors (Lipinski definition) is 0. The first kappa shape index (κ1) is 19.9. The normalized spacial score (nSPS) is 19.1. The van der Waals surface area contributed by atoms with E-state index in [1.807, 2.05) is 6.92 Å². The largest absolute Gasteiger partial charge is 0.465 e. The summed E-state index contributed by atoms with van der Waals surface area (Å²) in [5.41, 5.74) is 6.92. The number of benzene rings is 2. The molecule has 1 fully saturated rings. The molecule has 1 atom stereocenters. The minimum absolute atomic E-state index is 0.0509. The van der Waals surface area contributed by atoms with Crippen LogP contribution in [0.3, 0.4) is 0 Å². The highest BCUT2D eigenvalue weighted by molar-refractivity contribution is 5.84. The zero-order valence-electron chi connectivity index (χ0n) is 17.4. The highest BCUT2D eigenvalue weighted by atomic mass is 16.5. The fourth-order valence-corrected chi connectivity index (χ4v) is 4.78. The Morgan fingerprint density at radius 3 is 2.34 bits per heavy atom. The van der Waals surface area contributed by atoms with Gasteiger partial charge < -0.3 is 4.74 Å². The molecule has 1 heterocycles. The van der Waals surface area contributed by atoms with Gasteiger partial charge >= 0.3 is 5.97 Å². The number of likely N-dealkylation sites (tertiary alicyclic amines) is 1. The van der Waals surface area contributed by atoms with Gasteiger partial charge in [0.1, 0.15) is 6.04 Å². The number of fused-ring (bicyclic) bond motifs is 2. The molecular formula is C26H31NO2. The summed E-state index contributed by atoms with van der Waals surface area (Å²) in [6, 6.07) is 17.5. The Labute approximate surface area is 174 Å². The molecule has 0 N–H and O–H groups in total. The van der Waals surface area contributed by atoms with Gasteiger partial charge in [-0.1, -0.05) is 61.0 Å². The van der Waals surface area contributed by atoms with Crippen LogP contribution in [0.5, 0.6) is 0 Å². The number of ether oxygens (including phenoxy) is 1. The maximum atomic E-state index is 12.4. The Bertz CT molecular complexity index is 836. The van der Waals surface area contributed by atoms with Crippen molar-refractivity contribution in [2.45, 2.75) is 51.5 Å². The van der Waals surface area contributed by atoms with E-state index in [2.05, 4.69) is 59.5 Å². The molecule has 1 aliphatic carbocycles. The third-order valence-electron chi connectivity index (χ3n) is 6.22. The molecule has 0 aromatic heterocycles. The van der Waals surface area contributed by atoms with E-state index >= 15 is 0 Å². The van der Waals surface area contributed by atoms with Crippen molar-refractivity contribution in [2.24, 2.45) is 0 Å². The van der Waals surface area contributed by atoms with Crippen LogP contribution in [0, 0.1) is 0 Å². The van der Waals surface area contributed by atoms with Crippen LogP contribution < -0.4 is 0 Å². The maximum absolute atomic E-state index is 12.4. The van der Waals surface area contributed by atoms with Crippen molar-refractivity contribution < 1.29 is 9.53 Å². The topological polar surface area (TPSA) is 29.5 Å². The maximum Gasteiger partial charge on any atom is 0.323 e. The number of piperidine rings is 1. The first-order chi connectivity index (χ1) is 14.3. The lowest BCUT2D eigenvalue weighted by molar-refractivity contribution is -0.150. The average molecular weight is 390 g/mol. The summed E-state index contributed by atoms with van der Waals surface area (Å²) in [7, 11) is 0. The molecule has 152 valence electrons. The second-order valence-electron chi connectivity index (χ2n) is 8.02. The molecule has 0 radical (unpaired) electrons. The number of carbonyl (C=O) groups is 1. The molecule has 29 heavy (non-hydrogen) atoms. The molecule has 0 bridgehead atoms. The molecule has 0 spiro atoms. The van der Waals surface area contributed by atoms with Crippen LogP contribution in [-0.2, 0) is 22.4 Å². The first-order valence-corrected chi connectivity index (χ1v) is 11.1. The Balaban J connectivity index is 1.57. The van der Waals surface area contributed by atoms with Crippen molar-refractivity contribution in [1.29, 1.82) is 0 Å². The zero-order chi connectivity index (χ0) is 20.1. The van der Waals surface area contributed by atoms with E-state index in [0.29, 0.717) is 6.61 Å². The van der Waals surface area contributed by atoms with Gasteiger partial charge in [-0.15, -0.1) is 0 Å². The number of hydrogen-bond acceptors (Lipinski definition) is 3. The molecule has 2 aliphatic rings. The molecule has 3 nitrogen and oxygen atoms in total. The van der Waals surface area contributed by atoms with Gasteiger partial charge in [0, 0.05) is 6.54 Å². The predicted octanol–water partition coefficient (Wildman–Crippen LogP) is 5.02. The third-order valence-corrected chi connectivity index (χ3v) is 6.22. The molecule has 0 saturated carbocycles. The average Bonchev–Trinajstić information content (AvgIpc) is 2.92. The minimum Gasteiger partial charge on any atom is -0.465 e. The summed E-state index contributed by atoms with van der Waals surface area (Å²) in [6.45, 7) is 4.23. The van der Waals surface area contributed by atoms with Gasteiger partial charge in [-0.2, -0.15) is 0 Å². The minimum atomic E-state index is -0.0733. The smallest absolute Gasteiger partial charge is 0.323 e. The lowest BCUT2D eigenvalue weighted by Gasteiger charge is -2.33. The van der Waals surface area contributed by atoms with Crippen molar-refractivity contribution in [2.75, 3.05) is 19.7 Å². The summed E-state index contributed by atoms with van der Waals surface area (Å²) in [5.74, 6) is -0.0509. The van der Waals surface area contributed by atoms with Gasteiger partial charge in [-0.25, -0.2) is 0 Å². The van der Waals surface area contributed by atoms with Crippen LogP contribution >= 0.6 is 0 Å². The third kappa shape index (κ3) is 4.45. The summed E-state index contributed by atoms with van der Waals surface area (Å²) in [4.78, 5) is 14.7. The molecule has 0 amide bonds. The van der Waals surface area contributed by atoms with Crippen molar-refractivity contribution >= 4 is 11.5 Å². The van der Waals surface area contributed by atoms with Crippen molar-refractivity contribution in [3.8, 4) is 0 Å².